The molecule has 1 aliphatic rings. The van der Waals surface area contributed by atoms with Crippen LogP contribution in [0.5, 0.6) is 0 Å². The van der Waals surface area contributed by atoms with Gasteiger partial charge in [0, 0.05) is 24.3 Å². The van der Waals surface area contributed by atoms with Crippen molar-refractivity contribution in [3.8, 4) is 5.69 Å². The number of hydrogen-bond donors (Lipinski definition) is 1. The van der Waals surface area contributed by atoms with E-state index in [1.165, 1.54) is 5.56 Å². The summed E-state index contributed by atoms with van der Waals surface area (Å²) in [6.45, 7) is 6.37. The first-order valence-electron chi connectivity index (χ1n) is 8.34. The lowest BCUT2D eigenvalue weighted by Gasteiger charge is -2.19. The molecule has 3 rings (SSSR count). The lowest BCUT2D eigenvalue weighted by Crippen LogP contribution is -2.34. The first-order valence-corrected chi connectivity index (χ1v) is 8.34. The molecule has 1 aliphatic carbocycles. The molecule has 0 atom stereocenters. The monoisotopic (exact) mass is 325 g/mol. The number of aliphatic hydroxyl groups is 1. The van der Waals surface area contributed by atoms with Gasteiger partial charge in [-0.15, -0.1) is 6.58 Å². The number of aliphatic hydroxyl groups excluding tert-OH is 1. The van der Waals surface area contributed by atoms with Crippen molar-refractivity contribution >= 4 is 5.91 Å². The molecular formula is C19H23N3O2. The molecule has 0 saturated carbocycles. The molecule has 126 valence electrons. The van der Waals surface area contributed by atoms with Gasteiger partial charge in [0.05, 0.1) is 12.3 Å². The van der Waals surface area contributed by atoms with Gasteiger partial charge in [-0.25, -0.2) is 4.68 Å². The minimum Gasteiger partial charge on any atom is -0.395 e. The van der Waals surface area contributed by atoms with Gasteiger partial charge in [-0.3, -0.25) is 4.79 Å². The van der Waals surface area contributed by atoms with Crippen LogP contribution in [0.1, 0.15) is 33.7 Å². The van der Waals surface area contributed by atoms with E-state index in [1.54, 1.807) is 11.0 Å². The molecule has 0 bridgehead atoms. The summed E-state index contributed by atoms with van der Waals surface area (Å²) in [5, 5.41) is 13.8. The van der Waals surface area contributed by atoms with E-state index in [-0.39, 0.29) is 19.1 Å². The third-order valence-electron chi connectivity index (χ3n) is 4.42. The van der Waals surface area contributed by atoms with Gasteiger partial charge in [-0.2, -0.15) is 5.10 Å². The first kappa shape index (κ1) is 16.5. The summed E-state index contributed by atoms with van der Waals surface area (Å²) in [6, 6.07) is 8.17. The number of hydrogen-bond acceptors (Lipinski definition) is 3. The molecule has 5 nitrogen and oxygen atoms in total. The van der Waals surface area contributed by atoms with Crippen LogP contribution >= 0.6 is 0 Å². The fourth-order valence-corrected chi connectivity index (χ4v) is 3.21. The maximum absolute atomic E-state index is 12.9. The van der Waals surface area contributed by atoms with E-state index < -0.39 is 0 Å². The highest BCUT2D eigenvalue weighted by atomic mass is 16.3. The predicted molar refractivity (Wildman–Crippen MR) is 93.5 cm³/mol. The molecule has 0 aliphatic heterocycles. The van der Waals surface area contributed by atoms with E-state index in [1.807, 2.05) is 23.7 Å². The lowest BCUT2D eigenvalue weighted by atomic mass is 10.1. The number of fused-ring (bicyclic) bond motifs is 1. The van der Waals surface area contributed by atoms with Crippen LogP contribution in [-0.4, -0.2) is 45.4 Å². The van der Waals surface area contributed by atoms with Crippen LogP contribution < -0.4 is 0 Å². The minimum atomic E-state index is -0.132. The smallest absolute Gasteiger partial charge is 0.275 e. The van der Waals surface area contributed by atoms with Crippen LogP contribution in [0.25, 0.3) is 5.69 Å². The topological polar surface area (TPSA) is 58.4 Å². The molecule has 0 spiro atoms. The number of amides is 1. The summed E-state index contributed by atoms with van der Waals surface area (Å²) in [5.74, 6) is -0.132. The van der Waals surface area contributed by atoms with E-state index in [9.17, 15) is 9.90 Å². The third-order valence-corrected chi connectivity index (χ3v) is 4.42. The van der Waals surface area contributed by atoms with Crippen molar-refractivity contribution in [1.29, 1.82) is 0 Å². The second-order valence-corrected chi connectivity index (χ2v) is 6.14. The molecule has 0 saturated heterocycles. The van der Waals surface area contributed by atoms with Gasteiger partial charge in [-0.1, -0.05) is 23.8 Å². The van der Waals surface area contributed by atoms with E-state index >= 15 is 0 Å². The maximum atomic E-state index is 12.9. The van der Waals surface area contributed by atoms with Crippen molar-refractivity contribution < 1.29 is 9.90 Å². The van der Waals surface area contributed by atoms with Gasteiger partial charge in [0.15, 0.2) is 5.69 Å². The number of carbonyl (C=O) groups is 1. The Morgan fingerprint density at radius 3 is 2.79 bits per heavy atom. The van der Waals surface area contributed by atoms with Crippen molar-refractivity contribution in [1.82, 2.24) is 14.7 Å². The molecule has 2 aromatic rings. The largest absolute Gasteiger partial charge is 0.395 e. The standard InChI is InChI=1S/C19H23N3O2/c1-3-11-21(12-13-23)19(24)18-16-5-4-6-17(16)22(20-18)15-9-7-14(2)8-10-15/h3,7-10,23H,1,4-6,11-13H2,2H3. The zero-order valence-electron chi connectivity index (χ0n) is 14.0. The van der Waals surface area contributed by atoms with E-state index in [0.717, 1.165) is 36.2 Å². The molecule has 1 heterocycles. The van der Waals surface area contributed by atoms with Crippen LogP contribution in [0.2, 0.25) is 0 Å². The van der Waals surface area contributed by atoms with Crippen molar-refractivity contribution in [3.05, 3.63) is 59.4 Å². The van der Waals surface area contributed by atoms with Crippen LogP contribution in [0, 0.1) is 6.92 Å². The molecule has 1 N–H and O–H groups in total. The van der Waals surface area contributed by atoms with Crippen molar-refractivity contribution in [2.75, 3.05) is 19.7 Å². The SMILES string of the molecule is C=CCN(CCO)C(=O)c1nn(-c2ccc(C)cc2)c2c1CCC2. The van der Waals surface area contributed by atoms with Crippen molar-refractivity contribution in [3.63, 3.8) is 0 Å². The molecule has 1 amide bonds. The molecule has 24 heavy (non-hydrogen) atoms. The van der Waals surface area contributed by atoms with Gasteiger partial charge < -0.3 is 10.0 Å². The molecule has 1 aromatic carbocycles. The summed E-state index contributed by atoms with van der Waals surface area (Å²) >= 11 is 0. The van der Waals surface area contributed by atoms with Crippen molar-refractivity contribution in [2.45, 2.75) is 26.2 Å². The van der Waals surface area contributed by atoms with Gasteiger partial charge in [0.25, 0.3) is 5.91 Å². The minimum absolute atomic E-state index is 0.0690. The highest BCUT2D eigenvalue weighted by Gasteiger charge is 2.29. The molecule has 0 radical (unpaired) electrons. The Kier molecular flexibility index (Phi) is 4.81. The fraction of sp³-hybridized carbons (Fsp3) is 0.368. The van der Waals surface area contributed by atoms with Gasteiger partial charge >= 0.3 is 0 Å². The second kappa shape index (κ2) is 7.01. The molecule has 5 heteroatoms. The highest BCUT2D eigenvalue weighted by Crippen LogP contribution is 2.28. The fourth-order valence-electron chi connectivity index (χ4n) is 3.21. The second-order valence-electron chi connectivity index (χ2n) is 6.14. The number of carbonyl (C=O) groups excluding carboxylic acids is 1. The van der Waals surface area contributed by atoms with Crippen LogP contribution in [0.15, 0.2) is 36.9 Å². The Bertz CT molecular complexity index is 747. The Morgan fingerprint density at radius 2 is 2.12 bits per heavy atom. The summed E-state index contributed by atoms with van der Waals surface area (Å²) in [7, 11) is 0. The number of aromatic nitrogens is 2. The van der Waals surface area contributed by atoms with Crippen LogP contribution in [0.4, 0.5) is 0 Å². The van der Waals surface area contributed by atoms with Gasteiger partial charge in [0.2, 0.25) is 0 Å². The van der Waals surface area contributed by atoms with Crippen LogP contribution in [0.3, 0.4) is 0 Å². The number of aryl methyl sites for hydroxylation is 1. The van der Waals surface area contributed by atoms with Crippen LogP contribution in [-0.2, 0) is 12.8 Å². The van der Waals surface area contributed by atoms with E-state index in [2.05, 4.69) is 23.8 Å². The zero-order valence-corrected chi connectivity index (χ0v) is 14.0. The number of nitrogens with zero attached hydrogens (tertiary/aromatic N) is 3. The highest BCUT2D eigenvalue weighted by molar-refractivity contribution is 5.94. The lowest BCUT2D eigenvalue weighted by molar-refractivity contribution is 0.0735. The average molecular weight is 325 g/mol. The third kappa shape index (κ3) is 2.99. The Labute approximate surface area is 142 Å². The predicted octanol–water partition coefficient (Wildman–Crippen LogP) is 2.29. The Hall–Kier alpha value is -2.40. The quantitative estimate of drug-likeness (QED) is 0.829. The Morgan fingerprint density at radius 1 is 1.38 bits per heavy atom. The van der Waals surface area contributed by atoms with E-state index in [4.69, 9.17) is 0 Å². The first-order chi connectivity index (χ1) is 11.7. The number of rotatable bonds is 6. The Balaban J connectivity index is 2.00. The normalized spacial score (nSPS) is 12.9. The summed E-state index contributed by atoms with van der Waals surface area (Å²) in [5.41, 5.74) is 4.87. The summed E-state index contributed by atoms with van der Waals surface area (Å²) in [6.07, 6.45) is 4.53. The van der Waals surface area contributed by atoms with Gasteiger partial charge in [0.1, 0.15) is 0 Å². The maximum Gasteiger partial charge on any atom is 0.275 e. The summed E-state index contributed by atoms with van der Waals surface area (Å²) < 4.78 is 1.90. The molecule has 0 fully saturated rings. The average Bonchev–Trinajstić information content (AvgIpc) is 3.17. The molecule has 0 unspecified atom stereocenters. The summed E-state index contributed by atoms with van der Waals surface area (Å²) in [4.78, 5) is 14.5. The van der Waals surface area contributed by atoms with Gasteiger partial charge in [-0.05, 0) is 38.3 Å². The van der Waals surface area contributed by atoms with Crippen molar-refractivity contribution in [2.24, 2.45) is 0 Å². The zero-order chi connectivity index (χ0) is 17.1. The number of benzene rings is 1. The molecule has 1 aromatic heterocycles. The van der Waals surface area contributed by atoms with E-state index in [0.29, 0.717) is 12.2 Å². The molecular weight excluding hydrogens is 302 g/mol.